The average molecular weight is 421 g/mol. The predicted molar refractivity (Wildman–Crippen MR) is 86.7 cm³/mol. The standard InChI is InChI=1S/C17H10F7N3O2/c18-10-4-6-11(7-5-10)25-15(29)13(14(28)17(22,23)24)27-26-12-3-1-2-9(8-12)16(19,20)21/h1-8,28H,(H,25,29)/b14-13+,27-26?. The number of hydrogen-bond donors (Lipinski definition) is 2. The van der Waals surface area contributed by atoms with Gasteiger partial charge in [0.05, 0.1) is 11.3 Å². The van der Waals surface area contributed by atoms with Crippen LogP contribution >= 0.6 is 0 Å². The van der Waals surface area contributed by atoms with Crippen LogP contribution in [0.15, 0.2) is 70.2 Å². The number of rotatable bonds is 4. The maximum absolute atomic E-state index is 12.9. The Bertz CT molecular complexity index is 949. The third-order valence-electron chi connectivity index (χ3n) is 3.25. The molecule has 0 radical (unpaired) electrons. The van der Waals surface area contributed by atoms with Crippen molar-refractivity contribution >= 4 is 17.3 Å². The molecule has 0 atom stereocenters. The van der Waals surface area contributed by atoms with Crippen molar-refractivity contribution in [2.24, 2.45) is 10.2 Å². The number of hydrogen-bond acceptors (Lipinski definition) is 4. The zero-order valence-electron chi connectivity index (χ0n) is 14.0. The molecule has 2 aromatic rings. The van der Waals surface area contributed by atoms with Crippen LogP contribution in [0, 0.1) is 5.82 Å². The van der Waals surface area contributed by atoms with Gasteiger partial charge in [0.15, 0.2) is 5.70 Å². The van der Waals surface area contributed by atoms with E-state index in [0.717, 1.165) is 36.4 Å². The number of amides is 1. The van der Waals surface area contributed by atoms with E-state index in [9.17, 15) is 40.6 Å². The van der Waals surface area contributed by atoms with E-state index in [1.54, 1.807) is 0 Å². The van der Waals surface area contributed by atoms with Crippen molar-refractivity contribution in [3.63, 3.8) is 0 Å². The van der Waals surface area contributed by atoms with Gasteiger partial charge in [0.2, 0.25) is 5.76 Å². The summed E-state index contributed by atoms with van der Waals surface area (Å²) in [7, 11) is 0. The lowest BCUT2D eigenvalue weighted by Crippen LogP contribution is -2.21. The normalized spacial score (nSPS) is 13.3. The van der Waals surface area contributed by atoms with Crippen LogP contribution in [0.1, 0.15) is 5.56 Å². The first-order chi connectivity index (χ1) is 13.4. The molecule has 0 aliphatic carbocycles. The van der Waals surface area contributed by atoms with Crippen molar-refractivity contribution in [3.8, 4) is 0 Å². The summed E-state index contributed by atoms with van der Waals surface area (Å²) < 4.78 is 89.4. The molecule has 0 bridgehead atoms. The van der Waals surface area contributed by atoms with Crippen molar-refractivity contribution in [2.45, 2.75) is 12.4 Å². The Morgan fingerprint density at radius 3 is 2.14 bits per heavy atom. The summed E-state index contributed by atoms with van der Waals surface area (Å²) in [6.07, 6.45) is -10.1. The van der Waals surface area contributed by atoms with Gasteiger partial charge in [-0.15, -0.1) is 5.11 Å². The fourth-order valence-corrected chi connectivity index (χ4v) is 1.91. The highest BCUT2D eigenvalue weighted by Crippen LogP contribution is 2.32. The van der Waals surface area contributed by atoms with Gasteiger partial charge in [0.1, 0.15) is 5.82 Å². The van der Waals surface area contributed by atoms with Crippen molar-refractivity contribution in [3.05, 3.63) is 71.4 Å². The molecule has 0 unspecified atom stereocenters. The minimum absolute atomic E-state index is 0.127. The smallest absolute Gasteiger partial charge is 0.451 e. The molecule has 5 nitrogen and oxygen atoms in total. The Kier molecular flexibility index (Phi) is 6.25. The maximum Gasteiger partial charge on any atom is 0.451 e. The maximum atomic E-state index is 12.9. The molecule has 0 aliphatic rings. The number of carbonyl (C=O) groups excluding carboxylic acids is 1. The Labute approximate surface area is 158 Å². The average Bonchev–Trinajstić information content (AvgIpc) is 2.62. The lowest BCUT2D eigenvalue weighted by atomic mass is 10.2. The molecule has 154 valence electrons. The highest BCUT2D eigenvalue weighted by Gasteiger charge is 2.39. The Morgan fingerprint density at radius 1 is 0.966 bits per heavy atom. The highest BCUT2D eigenvalue weighted by atomic mass is 19.4. The summed E-state index contributed by atoms with van der Waals surface area (Å²) in [4.78, 5) is 12.1. The Hall–Kier alpha value is -3.44. The van der Waals surface area contributed by atoms with Gasteiger partial charge in [-0.3, -0.25) is 4.79 Å². The first kappa shape index (κ1) is 21.9. The molecule has 0 heterocycles. The lowest BCUT2D eigenvalue weighted by molar-refractivity contribution is -0.137. The third kappa shape index (κ3) is 6.02. The number of benzene rings is 2. The van der Waals surface area contributed by atoms with E-state index >= 15 is 0 Å². The predicted octanol–water partition coefficient (Wildman–Crippen LogP) is 5.90. The van der Waals surface area contributed by atoms with E-state index in [1.165, 1.54) is 0 Å². The number of aliphatic hydroxyl groups excluding tert-OH is 1. The molecule has 0 saturated heterocycles. The van der Waals surface area contributed by atoms with E-state index in [-0.39, 0.29) is 5.69 Å². The summed E-state index contributed by atoms with van der Waals surface area (Å²) >= 11 is 0. The number of allylic oxidation sites excluding steroid dienone is 1. The van der Waals surface area contributed by atoms with Crippen LogP contribution in [0.2, 0.25) is 0 Å². The van der Waals surface area contributed by atoms with Gasteiger partial charge in [0, 0.05) is 5.69 Å². The summed E-state index contributed by atoms with van der Waals surface area (Å²) in [6, 6.07) is 6.99. The number of azo groups is 1. The fraction of sp³-hybridized carbons (Fsp3) is 0.118. The van der Waals surface area contributed by atoms with Gasteiger partial charge in [-0.1, -0.05) is 6.07 Å². The van der Waals surface area contributed by atoms with Gasteiger partial charge < -0.3 is 10.4 Å². The van der Waals surface area contributed by atoms with Crippen LogP contribution in [0.4, 0.5) is 42.1 Å². The van der Waals surface area contributed by atoms with Crippen molar-refractivity contribution in [2.75, 3.05) is 5.32 Å². The highest BCUT2D eigenvalue weighted by molar-refractivity contribution is 6.03. The Morgan fingerprint density at radius 2 is 1.59 bits per heavy atom. The first-order valence-electron chi connectivity index (χ1n) is 7.54. The minimum Gasteiger partial charge on any atom is -0.503 e. The summed E-state index contributed by atoms with van der Waals surface area (Å²) in [5.74, 6) is -4.66. The number of aliphatic hydroxyl groups is 1. The second-order valence-corrected chi connectivity index (χ2v) is 5.40. The molecule has 0 aromatic heterocycles. The van der Waals surface area contributed by atoms with Gasteiger partial charge >= 0.3 is 12.4 Å². The zero-order valence-corrected chi connectivity index (χ0v) is 14.0. The second kappa shape index (κ2) is 8.29. The number of alkyl halides is 6. The largest absolute Gasteiger partial charge is 0.503 e. The summed E-state index contributed by atoms with van der Waals surface area (Å²) in [6.45, 7) is 0. The number of anilines is 1. The molecule has 1 amide bonds. The molecular weight excluding hydrogens is 411 g/mol. The topological polar surface area (TPSA) is 74.0 Å². The van der Waals surface area contributed by atoms with Crippen LogP contribution in [-0.2, 0) is 11.0 Å². The molecule has 0 fully saturated rings. The van der Waals surface area contributed by atoms with Gasteiger partial charge in [-0.05, 0) is 42.5 Å². The SMILES string of the molecule is O=C(Nc1ccc(F)cc1)/C(N=Nc1cccc(C(F)(F)F)c1)=C(\O)C(F)(F)F. The molecule has 2 aromatic carbocycles. The van der Waals surface area contributed by atoms with E-state index in [0.29, 0.717) is 12.1 Å². The van der Waals surface area contributed by atoms with E-state index < -0.39 is 46.8 Å². The Balaban J connectivity index is 2.38. The molecule has 0 saturated carbocycles. The van der Waals surface area contributed by atoms with Crippen molar-refractivity contribution in [1.29, 1.82) is 0 Å². The van der Waals surface area contributed by atoms with Gasteiger partial charge in [-0.2, -0.15) is 31.5 Å². The van der Waals surface area contributed by atoms with Crippen LogP contribution in [0.3, 0.4) is 0 Å². The molecule has 2 N–H and O–H groups in total. The van der Waals surface area contributed by atoms with Crippen LogP contribution in [0.25, 0.3) is 0 Å². The third-order valence-corrected chi connectivity index (χ3v) is 3.25. The lowest BCUT2D eigenvalue weighted by Gasteiger charge is -2.10. The second-order valence-electron chi connectivity index (χ2n) is 5.40. The quantitative estimate of drug-likeness (QED) is 0.279. The molecule has 12 heteroatoms. The van der Waals surface area contributed by atoms with E-state index in [4.69, 9.17) is 0 Å². The molecule has 0 aliphatic heterocycles. The molecule has 0 spiro atoms. The summed E-state index contributed by atoms with van der Waals surface area (Å²) in [5, 5.41) is 17.4. The van der Waals surface area contributed by atoms with Crippen molar-refractivity contribution in [1.82, 2.24) is 0 Å². The monoisotopic (exact) mass is 421 g/mol. The van der Waals surface area contributed by atoms with Gasteiger partial charge in [0.25, 0.3) is 5.91 Å². The molecule has 2 rings (SSSR count). The van der Waals surface area contributed by atoms with E-state index in [1.807, 2.05) is 5.32 Å². The minimum atomic E-state index is -5.39. The van der Waals surface area contributed by atoms with Crippen LogP contribution in [0.5, 0.6) is 0 Å². The summed E-state index contributed by atoms with van der Waals surface area (Å²) in [5.41, 5.74) is -3.38. The van der Waals surface area contributed by atoms with Crippen molar-refractivity contribution < 1.29 is 40.6 Å². The molecule has 29 heavy (non-hydrogen) atoms. The number of carbonyl (C=O) groups is 1. The zero-order chi connectivity index (χ0) is 21.8. The number of nitrogens with one attached hydrogen (secondary N) is 1. The van der Waals surface area contributed by atoms with E-state index in [2.05, 4.69) is 10.2 Å². The number of halogens is 7. The van der Waals surface area contributed by atoms with Crippen LogP contribution < -0.4 is 5.32 Å². The van der Waals surface area contributed by atoms with Gasteiger partial charge in [-0.25, -0.2) is 4.39 Å². The number of nitrogens with zero attached hydrogens (tertiary/aromatic N) is 2. The molecular formula is C17H10F7N3O2. The van der Waals surface area contributed by atoms with Crippen LogP contribution in [-0.4, -0.2) is 17.2 Å². The fourth-order valence-electron chi connectivity index (χ4n) is 1.91. The first-order valence-corrected chi connectivity index (χ1v) is 7.54.